The van der Waals surface area contributed by atoms with Crippen molar-refractivity contribution in [2.24, 2.45) is 0 Å². The second kappa shape index (κ2) is 6.40. The minimum atomic E-state index is -0.373. The lowest BCUT2D eigenvalue weighted by Crippen LogP contribution is -2.27. The summed E-state index contributed by atoms with van der Waals surface area (Å²) in [7, 11) is 0. The molecule has 2 amide bonds. The van der Waals surface area contributed by atoms with Crippen LogP contribution in [-0.4, -0.2) is 17.9 Å². The third-order valence-corrected chi connectivity index (χ3v) is 5.47. The highest BCUT2D eigenvalue weighted by Crippen LogP contribution is 2.40. The summed E-state index contributed by atoms with van der Waals surface area (Å²) in [6, 6.07) is 10.1. The van der Waals surface area contributed by atoms with Crippen molar-refractivity contribution < 1.29 is 19.1 Å². The van der Waals surface area contributed by atoms with Gasteiger partial charge in [0, 0.05) is 9.50 Å². The molecule has 0 unspecified atom stereocenters. The van der Waals surface area contributed by atoms with Gasteiger partial charge in [-0.2, -0.15) is 0 Å². The second-order valence-corrected chi connectivity index (χ2v) is 7.50. The molecule has 0 aliphatic carbocycles. The summed E-state index contributed by atoms with van der Waals surface area (Å²) >= 11 is 10.2. The van der Waals surface area contributed by atoms with Gasteiger partial charge in [-0.05, 0) is 59.8 Å². The zero-order chi connectivity index (χ0) is 17.6. The van der Waals surface area contributed by atoms with Crippen LogP contribution in [0, 0.1) is 0 Å². The van der Waals surface area contributed by atoms with Crippen molar-refractivity contribution in [2.45, 2.75) is 0 Å². The molecule has 5 nitrogen and oxygen atoms in total. The number of hydrogen-bond acceptors (Lipinski definition) is 5. The highest BCUT2D eigenvalue weighted by Gasteiger charge is 2.36. The molecule has 0 atom stereocenters. The van der Waals surface area contributed by atoms with Crippen molar-refractivity contribution >= 4 is 62.2 Å². The van der Waals surface area contributed by atoms with E-state index in [4.69, 9.17) is 21.1 Å². The Morgan fingerprint density at radius 3 is 2.52 bits per heavy atom. The first-order chi connectivity index (χ1) is 12.0. The molecule has 2 aliphatic rings. The number of rotatable bonds is 2. The second-order valence-electron chi connectivity index (χ2n) is 5.22. The van der Waals surface area contributed by atoms with Crippen LogP contribution in [0.15, 0.2) is 45.8 Å². The number of thioether (sulfide) groups is 1. The molecule has 0 spiro atoms. The Morgan fingerprint density at radius 1 is 1.12 bits per heavy atom. The van der Waals surface area contributed by atoms with E-state index in [-0.39, 0.29) is 17.9 Å². The molecule has 4 rings (SSSR count). The summed E-state index contributed by atoms with van der Waals surface area (Å²) < 4.78 is 11.4. The van der Waals surface area contributed by atoms with Crippen molar-refractivity contribution in [3.63, 3.8) is 0 Å². The van der Waals surface area contributed by atoms with E-state index in [9.17, 15) is 9.59 Å². The molecular formula is C17H9BrClNO4S. The molecule has 2 aromatic carbocycles. The van der Waals surface area contributed by atoms with Gasteiger partial charge in [0.1, 0.15) is 0 Å². The van der Waals surface area contributed by atoms with Gasteiger partial charge in [0.05, 0.1) is 10.6 Å². The first-order valence-electron chi connectivity index (χ1n) is 7.15. The van der Waals surface area contributed by atoms with Crippen LogP contribution in [0.4, 0.5) is 10.5 Å². The molecule has 1 saturated heterocycles. The van der Waals surface area contributed by atoms with E-state index in [2.05, 4.69) is 15.9 Å². The zero-order valence-corrected chi connectivity index (χ0v) is 15.7. The molecule has 0 aromatic heterocycles. The molecule has 8 heteroatoms. The number of halogens is 2. The largest absolute Gasteiger partial charge is 0.454 e. The molecule has 126 valence electrons. The van der Waals surface area contributed by atoms with Gasteiger partial charge < -0.3 is 9.47 Å². The monoisotopic (exact) mass is 437 g/mol. The standard InChI is InChI=1S/C17H9BrClNO4S/c18-12-7-14-13(23-8-24-14)5-9(12)6-15-16(21)20(17(22)25-15)11-3-1-10(19)2-4-11/h1-7H,8H2. The number of benzene rings is 2. The summed E-state index contributed by atoms with van der Waals surface area (Å²) in [5.41, 5.74) is 1.21. The summed E-state index contributed by atoms with van der Waals surface area (Å²) in [5.74, 6) is 0.867. The number of amides is 2. The van der Waals surface area contributed by atoms with Gasteiger partial charge >= 0.3 is 0 Å². The minimum absolute atomic E-state index is 0.165. The quantitative estimate of drug-likeness (QED) is 0.613. The van der Waals surface area contributed by atoms with Crippen molar-refractivity contribution in [3.8, 4) is 11.5 Å². The maximum Gasteiger partial charge on any atom is 0.298 e. The van der Waals surface area contributed by atoms with Crippen LogP contribution in [0.1, 0.15) is 5.56 Å². The molecular weight excluding hydrogens is 430 g/mol. The predicted molar refractivity (Wildman–Crippen MR) is 100 cm³/mol. The molecule has 0 bridgehead atoms. The van der Waals surface area contributed by atoms with Gasteiger partial charge in [0.2, 0.25) is 6.79 Å². The van der Waals surface area contributed by atoms with Gasteiger partial charge in [0.25, 0.3) is 11.1 Å². The average molecular weight is 439 g/mol. The van der Waals surface area contributed by atoms with Crippen LogP contribution in [-0.2, 0) is 4.79 Å². The van der Waals surface area contributed by atoms with Crippen LogP contribution in [0.5, 0.6) is 11.5 Å². The predicted octanol–water partition coefficient (Wildman–Crippen LogP) is 5.07. The van der Waals surface area contributed by atoms with E-state index in [1.807, 2.05) is 0 Å². The normalized spacial score (nSPS) is 17.7. The number of fused-ring (bicyclic) bond motifs is 1. The first kappa shape index (κ1) is 16.5. The molecule has 0 radical (unpaired) electrons. The summed E-state index contributed by atoms with van der Waals surface area (Å²) in [5, 5.41) is 0.186. The van der Waals surface area contributed by atoms with Crippen LogP contribution in [0.2, 0.25) is 5.02 Å². The number of imide groups is 1. The lowest BCUT2D eigenvalue weighted by atomic mass is 10.2. The lowest BCUT2D eigenvalue weighted by molar-refractivity contribution is -0.113. The molecule has 25 heavy (non-hydrogen) atoms. The van der Waals surface area contributed by atoms with Crippen molar-refractivity contribution in [1.82, 2.24) is 0 Å². The van der Waals surface area contributed by atoms with Crippen molar-refractivity contribution in [1.29, 1.82) is 0 Å². The van der Waals surface area contributed by atoms with E-state index in [0.29, 0.717) is 27.1 Å². The Bertz CT molecular complexity index is 929. The number of hydrogen-bond donors (Lipinski definition) is 0. The molecule has 2 aliphatic heterocycles. The topological polar surface area (TPSA) is 55.8 Å². The number of nitrogens with zero attached hydrogens (tertiary/aromatic N) is 1. The van der Waals surface area contributed by atoms with Crippen LogP contribution in [0.25, 0.3) is 6.08 Å². The summed E-state index contributed by atoms with van der Waals surface area (Å²) in [6.07, 6.45) is 1.66. The minimum Gasteiger partial charge on any atom is -0.454 e. The SMILES string of the molecule is O=C1SC(=Cc2cc3c(cc2Br)OCO3)C(=O)N1c1ccc(Cl)cc1. The summed E-state index contributed by atoms with van der Waals surface area (Å²) in [6.45, 7) is 0.165. The summed E-state index contributed by atoms with van der Waals surface area (Å²) in [4.78, 5) is 26.4. The van der Waals surface area contributed by atoms with E-state index in [1.165, 1.54) is 0 Å². The number of anilines is 1. The fourth-order valence-electron chi connectivity index (χ4n) is 2.47. The molecule has 1 fully saturated rings. The maximum absolute atomic E-state index is 12.7. The van der Waals surface area contributed by atoms with E-state index < -0.39 is 0 Å². The molecule has 2 aromatic rings. The van der Waals surface area contributed by atoms with Crippen molar-refractivity contribution in [2.75, 3.05) is 11.7 Å². The fourth-order valence-corrected chi connectivity index (χ4v) is 3.86. The Balaban J connectivity index is 1.68. The Hall–Kier alpha value is -1.96. The molecule has 0 N–H and O–H groups in total. The van der Waals surface area contributed by atoms with Gasteiger partial charge in [-0.15, -0.1) is 0 Å². The van der Waals surface area contributed by atoms with E-state index in [1.54, 1.807) is 42.5 Å². The Labute approximate surface area is 160 Å². The van der Waals surface area contributed by atoms with Gasteiger partial charge in [-0.3, -0.25) is 9.59 Å². The van der Waals surface area contributed by atoms with Crippen LogP contribution < -0.4 is 14.4 Å². The van der Waals surface area contributed by atoms with Crippen molar-refractivity contribution in [3.05, 3.63) is 56.4 Å². The van der Waals surface area contributed by atoms with E-state index in [0.717, 1.165) is 26.7 Å². The highest BCUT2D eigenvalue weighted by molar-refractivity contribution is 9.10. The van der Waals surface area contributed by atoms with Gasteiger partial charge in [0.15, 0.2) is 11.5 Å². The Morgan fingerprint density at radius 2 is 1.80 bits per heavy atom. The maximum atomic E-state index is 12.7. The highest BCUT2D eigenvalue weighted by atomic mass is 79.9. The third kappa shape index (κ3) is 3.03. The third-order valence-electron chi connectivity index (χ3n) is 3.66. The van der Waals surface area contributed by atoms with E-state index >= 15 is 0 Å². The average Bonchev–Trinajstić information content (AvgIpc) is 3.13. The smallest absolute Gasteiger partial charge is 0.298 e. The zero-order valence-electron chi connectivity index (χ0n) is 12.5. The lowest BCUT2D eigenvalue weighted by Gasteiger charge is -2.12. The molecule has 2 heterocycles. The number of ether oxygens (including phenoxy) is 2. The first-order valence-corrected chi connectivity index (χ1v) is 9.14. The van der Waals surface area contributed by atoms with Crippen LogP contribution >= 0.6 is 39.3 Å². The van der Waals surface area contributed by atoms with Gasteiger partial charge in [-0.25, -0.2) is 4.90 Å². The fraction of sp³-hybridized carbons (Fsp3) is 0.0588. The number of carbonyl (C=O) groups is 2. The van der Waals surface area contributed by atoms with Crippen LogP contribution in [0.3, 0.4) is 0 Å². The number of carbonyl (C=O) groups excluding carboxylic acids is 2. The molecule has 0 saturated carbocycles. The van der Waals surface area contributed by atoms with Gasteiger partial charge in [-0.1, -0.05) is 27.5 Å². The Kier molecular flexibility index (Phi) is 4.23.